The van der Waals surface area contributed by atoms with Crippen molar-refractivity contribution >= 4 is 29.5 Å². The van der Waals surface area contributed by atoms with Gasteiger partial charge in [-0.2, -0.15) is 4.98 Å². The van der Waals surface area contributed by atoms with Crippen molar-refractivity contribution in [2.75, 3.05) is 58.3 Å². The topological polar surface area (TPSA) is 125 Å². The van der Waals surface area contributed by atoms with E-state index in [4.69, 9.17) is 23.7 Å². The van der Waals surface area contributed by atoms with E-state index < -0.39 is 23.7 Å². The van der Waals surface area contributed by atoms with Gasteiger partial charge in [0.1, 0.15) is 11.4 Å². The van der Waals surface area contributed by atoms with Crippen molar-refractivity contribution in [2.24, 2.45) is 0 Å². The molecule has 0 spiro atoms. The first-order valence-electron chi connectivity index (χ1n) is 11.3. The van der Waals surface area contributed by atoms with Crippen molar-refractivity contribution in [3.8, 4) is 17.2 Å². The van der Waals surface area contributed by atoms with Crippen molar-refractivity contribution in [1.82, 2.24) is 14.9 Å². The van der Waals surface area contributed by atoms with Crippen LogP contribution >= 0.6 is 0 Å². The van der Waals surface area contributed by atoms with E-state index in [2.05, 4.69) is 15.3 Å². The highest BCUT2D eigenvalue weighted by molar-refractivity contribution is 5.82. The molecule has 1 N–H and O–H groups in total. The van der Waals surface area contributed by atoms with Gasteiger partial charge in [-0.3, -0.25) is 4.90 Å². The fourth-order valence-electron chi connectivity index (χ4n) is 3.74. The van der Waals surface area contributed by atoms with Crippen LogP contribution < -0.4 is 24.4 Å². The van der Waals surface area contributed by atoms with Crippen LogP contribution in [0.3, 0.4) is 0 Å². The molecule has 1 atom stereocenters. The minimum atomic E-state index is -0.847. The monoisotopic (exact) mass is 503 g/mol. The maximum absolute atomic E-state index is 12.7. The minimum absolute atomic E-state index is 0.187. The third-order valence-corrected chi connectivity index (χ3v) is 5.37. The van der Waals surface area contributed by atoms with Gasteiger partial charge >= 0.3 is 12.1 Å². The van der Waals surface area contributed by atoms with Gasteiger partial charge in [0.15, 0.2) is 17.5 Å². The number of piperazine rings is 1. The molecule has 1 aliphatic rings. The average Bonchev–Trinajstić information content (AvgIpc) is 2.86. The summed E-state index contributed by atoms with van der Waals surface area (Å²) < 4.78 is 26.6. The molecule has 0 aliphatic carbocycles. The number of esters is 1. The number of anilines is 3. The number of aromatic nitrogens is 2. The molecule has 1 aromatic carbocycles. The van der Waals surface area contributed by atoms with Crippen molar-refractivity contribution < 1.29 is 33.3 Å². The normalized spacial score (nSPS) is 15.7. The molecule has 1 saturated heterocycles. The number of carbonyl (C=O) groups excluding carboxylic acids is 2. The fraction of sp³-hybridized carbons (Fsp3) is 0.500. The summed E-state index contributed by atoms with van der Waals surface area (Å²) in [6, 6.07) is 4.37. The molecule has 196 valence electrons. The minimum Gasteiger partial charge on any atom is -0.493 e. The van der Waals surface area contributed by atoms with Crippen LogP contribution in [-0.4, -0.2) is 86.6 Å². The fourth-order valence-corrected chi connectivity index (χ4v) is 3.74. The van der Waals surface area contributed by atoms with Gasteiger partial charge in [-0.1, -0.05) is 0 Å². The lowest BCUT2D eigenvalue weighted by Gasteiger charge is -2.40. The molecule has 0 radical (unpaired) electrons. The highest BCUT2D eigenvalue weighted by atomic mass is 16.6. The van der Waals surface area contributed by atoms with E-state index in [0.29, 0.717) is 41.2 Å². The molecular weight excluding hydrogens is 470 g/mol. The Balaban J connectivity index is 1.81. The molecule has 1 fully saturated rings. The Kier molecular flexibility index (Phi) is 8.28. The first kappa shape index (κ1) is 26.6. The highest BCUT2D eigenvalue weighted by Gasteiger charge is 2.38. The molecule has 1 unspecified atom stereocenters. The highest BCUT2D eigenvalue weighted by Crippen LogP contribution is 2.40. The largest absolute Gasteiger partial charge is 0.493 e. The predicted octanol–water partition coefficient (Wildman–Crippen LogP) is 2.84. The zero-order chi connectivity index (χ0) is 26.5. The molecular formula is C24H33N5O7. The molecule has 0 bridgehead atoms. The Morgan fingerprint density at radius 1 is 1.03 bits per heavy atom. The molecule has 0 saturated carbocycles. The summed E-state index contributed by atoms with van der Waals surface area (Å²) in [5.41, 5.74) is -0.0570. The van der Waals surface area contributed by atoms with Crippen molar-refractivity contribution in [1.29, 1.82) is 0 Å². The van der Waals surface area contributed by atoms with E-state index in [1.54, 1.807) is 45.2 Å². The van der Waals surface area contributed by atoms with E-state index in [1.807, 2.05) is 4.90 Å². The number of nitrogens with zero attached hydrogens (tertiary/aromatic N) is 4. The van der Waals surface area contributed by atoms with Crippen LogP contribution in [0.1, 0.15) is 20.8 Å². The number of ether oxygens (including phenoxy) is 5. The third-order valence-electron chi connectivity index (χ3n) is 5.37. The van der Waals surface area contributed by atoms with Gasteiger partial charge in [0.05, 0.1) is 35.0 Å². The molecule has 1 amide bonds. The van der Waals surface area contributed by atoms with Gasteiger partial charge in [-0.15, -0.1) is 0 Å². The molecule has 36 heavy (non-hydrogen) atoms. The second-order valence-electron chi connectivity index (χ2n) is 8.94. The second kappa shape index (κ2) is 11.2. The molecule has 2 heterocycles. The van der Waals surface area contributed by atoms with Gasteiger partial charge in [-0.05, 0) is 26.8 Å². The quantitative estimate of drug-likeness (QED) is 0.561. The molecule has 2 aromatic rings. The lowest BCUT2D eigenvalue weighted by molar-refractivity contribution is -0.147. The Hall–Kier alpha value is -3.96. The van der Waals surface area contributed by atoms with Crippen LogP contribution in [0.5, 0.6) is 17.2 Å². The Morgan fingerprint density at radius 2 is 1.69 bits per heavy atom. The summed E-state index contributed by atoms with van der Waals surface area (Å²) in [5, 5.41) is 3.14. The van der Waals surface area contributed by atoms with E-state index in [1.165, 1.54) is 33.3 Å². The summed E-state index contributed by atoms with van der Waals surface area (Å²) in [6.07, 6.45) is 1.04. The first-order chi connectivity index (χ1) is 17.1. The summed E-state index contributed by atoms with van der Waals surface area (Å²) in [7, 11) is 5.89. The summed E-state index contributed by atoms with van der Waals surface area (Å²) >= 11 is 0. The van der Waals surface area contributed by atoms with Gasteiger partial charge in [0.2, 0.25) is 11.7 Å². The number of benzene rings is 1. The first-order valence-corrected chi connectivity index (χ1v) is 11.3. The summed E-state index contributed by atoms with van der Waals surface area (Å²) in [4.78, 5) is 37.4. The van der Waals surface area contributed by atoms with E-state index in [-0.39, 0.29) is 13.1 Å². The number of carbonyl (C=O) groups is 2. The maximum Gasteiger partial charge on any atom is 0.411 e. The van der Waals surface area contributed by atoms with Crippen LogP contribution in [0.4, 0.5) is 22.2 Å². The van der Waals surface area contributed by atoms with Crippen molar-refractivity contribution in [2.45, 2.75) is 32.4 Å². The average molecular weight is 504 g/mol. The summed E-state index contributed by atoms with van der Waals surface area (Å²) in [6.45, 7) is 6.21. The van der Waals surface area contributed by atoms with Crippen LogP contribution in [0.2, 0.25) is 0 Å². The summed E-state index contributed by atoms with van der Waals surface area (Å²) in [5.74, 6) is 1.81. The van der Waals surface area contributed by atoms with Gasteiger partial charge in [0.25, 0.3) is 0 Å². The number of rotatable bonds is 7. The zero-order valence-electron chi connectivity index (χ0n) is 21.7. The predicted molar refractivity (Wildman–Crippen MR) is 132 cm³/mol. The second-order valence-corrected chi connectivity index (χ2v) is 8.94. The Labute approximate surface area is 210 Å². The SMILES string of the molecule is COC(=O)C1CN(c2ccnc(Nc3cc(OC)c(OC)c(OC)c3)n2)CCN1C(=O)OC(C)(C)C. The molecule has 1 aliphatic heterocycles. The lowest BCUT2D eigenvalue weighted by atomic mass is 10.1. The Morgan fingerprint density at radius 3 is 2.25 bits per heavy atom. The molecule has 12 heteroatoms. The van der Waals surface area contributed by atoms with Crippen LogP contribution in [-0.2, 0) is 14.3 Å². The smallest absolute Gasteiger partial charge is 0.411 e. The van der Waals surface area contributed by atoms with Gasteiger partial charge in [-0.25, -0.2) is 14.6 Å². The number of hydrogen-bond donors (Lipinski definition) is 1. The van der Waals surface area contributed by atoms with Crippen LogP contribution in [0, 0.1) is 0 Å². The van der Waals surface area contributed by atoms with Crippen molar-refractivity contribution in [3.63, 3.8) is 0 Å². The van der Waals surface area contributed by atoms with E-state index >= 15 is 0 Å². The van der Waals surface area contributed by atoms with Gasteiger partial charge < -0.3 is 33.9 Å². The number of amides is 1. The van der Waals surface area contributed by atoms with Crippen molar-refractivity contribution in [3.05, 3.63) is 24.4 Å². The number of hydrogen-bond acceptors (Lipinski definition) is 11. The molecule has 3 rings (SSSR count). The lowest BCUT2D eigenvalue weighted by Crippen LogP contribution is -2.59. The Bertz CT molecular complexity index is 1060. The standard InChI is InChI=1S/C24H33N5O7/c1-24(2,3)36-23(31)29-11-10-28(14-16(29)21(30)35-7)19-8-9-25-22(27-19)26-15-12-17(32-4)20(34-6)18(13-15)33-5/h8-9,12-13,16H,10-11,14H2,1-7H3,(H,25,26,27). The van der Waals surface area contributed by atoms with E-state index in [0.717, 1.165) is 0 Å². The number of nitrogens with one attached hydrogen (secondary N) is 1. The maximum atomic E-state index is 12.7. The van der Waals surface area contributed by atoms with Crippen LogP contribution in [0.15, 0.2) is 24.4 Å². The molecule has 1 aromatic heterocycles. The number of methoxy groups -OCH3 is 4. The third kappa shape index (κ3) is 6.18. The van der Waals surface area contributed by atoms with Crippen LogP contribution in [0.25, 0.3) is 0 Å². The van der Waals surface area contributed by atoms with Gasteiger partial charge in [0, 0.05) is 37.1 Å². The molecule has 12 nitrogen and oxygen atoms in total. The van der Waals surface area contributed by atoms with E-state index in [9.17, 15) is 9.59 Å². The zero-order valence-corrected chi connectivity index (χ0v) is 21.7.